The van der Waals surface area contributed by atoms with E-state index >= 15 is 0 Å². The van der Waals surface area contributed by atoms with Gasteiger partial charge in [-0.05, 0) is 77.3 Å². The minimum Gasteiger partial charge on any atom is -0.0654 e. The van der Waals surface area contributed by atoms with Crippen LogP contribution in [0.4, 0.5) is 0 Å². The van der Waals surface area contributed by atoms with Crippen LogP contribution in [0.3, 0.4) is 0 Å². The average Bonchev–Trinajstić information content (AvgIpc) is 3.37. The van der Waals surface area contributed by atoms with Crippen LogP contribution in [-0.2, 0) is 0 Å². The Balaban J connectivity index is 1.83. The van der Waals surface area contributed by atoms with Crippen LogP contribution in [0.2, 0.25) is 0 Å². The number of hydrogen-bond donors (Lipinski definition) is 0. The number of rotatable bonds is 12. The molecule has 0 radical (unpaired) electrons. The molecule has 0 heterocycles. The number of allylic oxidation sites excluding steroid dienone is 4. The van der Waals surface area contributed by atoms with Crippen molar-refractivity contribution in [1.82, 2.24) is 0 Å². The fourth-order valence-corrected chi connectivity index (χ4v) is 7.51. The maximum absolute atomic E-state index is 2.59. The van der Waals surface area contributed by atoms with Gasteiger partial charge in [-0.25, -0.2) is 0 Å². The highest BCUT2D eigenvalue weighted by molar-refractivity contribution is 5.81. The van der Waals surface area contributed by atoms with Crippen LogP contribution in [0, 0.1) is 5.41 Å². The molecule has 0 saturated carbocycles. The second kappa shape index (κ2) is 11.3. The van der Waals surface area contributed by atoms with Gasteiger partial charge in [0.25, 0.3) is 0 Å². The summed E-state index contributed by atoms with van der Waals surface area (Å²) >= 11 is 0. The SMILES string of the molecule is CCCCCC1=C(CC)C(C(C)(C)C2C(CC)=C(CCCCC)c3ccccc32)c2ccccc21. The highest BCUT2D eigenvalue weighted by Crippen LogP contribution is 2.62. The first-order chi connectivity index (χ1) is 17.0. The Kier molecular flexibility index (Phi) is 8.41. The smallest absolute Gasteiger partial charge is 0.0120 e. The summed E-state index contributed by atoms with van der Waals surface area (Å²) in [6.45, 7) is 14.6. The lowest BCUT2D eigenvalue weighted by Crippen LogP contribution is -2.30. The maximum atomic E-state index is 2.59. The normalized spacial score (nSPS) is 19.5. The van der Waals surface area contributed by atoms with Gasteiger partial charge in [-0.15, -0.1) is 0 Å². The third-order valence-corrected chi connectivity index (χ3v) is 8.98. The summed E-state index contributed by atoms with van der Waals surface area (Å²) in [7, 11) is 0. The van der Waals surface area contributed by atoms with E-state index in [2.05, 4.69) is 90.1 Å². The lowest BCUT2D eigenvalue weighted by Gasteiger charge is -2.42. The largest absolute Gasteiger partial charge is 0.0654 e. The molecule has 35 heavy (non-hydrogen) atoms. The summed E-state index contributed by atoms with van der Waals surface area (Å²) in [6, 6.07) is 18.8. The van der Waals surface area contributed by atoms with Gasteiger partial charge in [0.1, 0.15) is 0 Å². The van der Waals surface area contributed by atoms with Crippen molar-refractivity contribution >= 4 is 11.1 Å². The monoisotopic (exact) mass is 468 g/mol. The summed E-state index contributed by atoms with van der Waals surface area (Å²) in [6.07, 6.45) is 12.6. The topological polar surface area (TPSA) is 0 Å². The summed E-state index contributed by atoms with van der Waals surface area (Å²) in [5, 5.41) is 0. The van der Waals surface area contributed by atoms with Gasteiger partial charge in [-0.1, -0.05) is 127 Å². The van der Waals surface area contributed by atoms with Crippen LogP contribution in [0.1, 0.15) is 140 Å². The zero-order valence-electron chi connectivity index (χ0n) is 23.3. The Labute approximate surface area is 215 Å². The van der Waals surface area contributed by atoms with Gasteiger partial charge < -0.3 is 0 Å². The van der Waals surface area contributed by atoms with Gasteiger partial charge in [0.15, 0.2) is 0 Å². The predicted molar refractivity (Wildman–Crippen MR) is 155 cm³/mol. The fourth-order valence-electron chi connectivity index (χ4n) is 7.51. The average molecular weight is 469 g/mol. The van der Waals surface area contributed by atoms with Crippen LogP contribution in [0.25, 0.3) is 11.1 Å². The second-order valence-corrected chi connectivity index (χ2v) is 11.5. The Bertz CT molecular complexity index is 991. The molecular weight excluding hydrogens is 420 g/mol. The molecule has 4 rings (SSSR count). The summed E-state index contributed by atoms with van der Waals surface area (Å²) in [5.41, 5.74) is 13.2. The Morgan fingerprint density at radius 2 is 0.971 bits per heavy atom. The Hall–Kier alpha value is -2.08. The molecule has 0 nitrogen and oxygen atoms in total. The summed E-state index contributed by atoms with van der Waals surface area (Å²) in [4.78, 5) is 0. The molecule has 0 aromatic heterocycles. The number of hydrogen-bond acceptors (Lipinski definition) is 0. The van der Waals surface area contributed by atoms with E-state index in [0.717, 1.165) is 12.8 Å². The van der Waals surface area contributed by atoms with Gasteiger partial charge in [0.05, 0.1) is 0 Å². The maximum Gasteiger partial charge on any atom is 0.0120 e. The standard InChI is InChI=1S/C35H48/c1-7-11-13-19-27-25(9-3)33(31-23-17-15-21-29(27)31)35(5,6)34-26(10-4)28(20-14-12-8-2)30-22-16-18-24-32(30)34/h15-18,21-24,33-34H,7-14,19-20H2,1-6H3. The van der Waals surface area contributed by atoms with E-state index in [9.17, 15) is 0 Å². The molecule has 0 spiro atoms. The first-order valence-corrected chi connectivity index (χ1v) is 14.6. The van der Waals surface area contributed by atoms with E-state index in [0.29, 0.717) is 11.8 Å². The van der Waals surface area contributed by atoms with Crippen molar-refractivity contribution in [3.05, 3.63) is 81.9 Å². The van der Waals surface area contributed by atoms with Crippen LogP contribution >= 0.6 is 0 Å². The van der Waals surface area contributed by atoms with Crippen LogP contribution in [0.5, 0.6) is 0 Å². The van der Waals surface area contributed by atoms with Crippen molar-refractivity contribution in [2.24, 2.45) is 5.41 Å². The molecule has 0 saturated heterocycles. The zero-order valence-corrected chi connectivity index (χ0v) is 23.3. The first-order valence-electron chi connectivity index (χ1n) is 14.6. The van der Waals surface area contributed by atoms with Crippen LogP contribution < -0.4 is 0 Å². The Morgan fingerprint density at radius 1 is 0.571 bits per heavy atom. The molecule has 0 bridgehead atoms. The molecule has 0 aliphatic heterocycles. The van der Waals surface area contributed by atoms with E-state index in [1.165, 1.54) is 51.4 Å². The third kappa shape index (κ3) is 4.71. The molecule has 2 aliphatic carbocycles. The third-order valence-electron chi connectivity index (χ3n) is 8.98. The van der Waals surface area contributed by atoms with Gasteiger partial charge in [0.2, 0.25) is 0 Å². The molecule has 0 N–H and O–H groups in total. The highest BCUT2D eigenvalue weighted by Gasteiger charge is 2.48. The second-order valence-electron chi connectivity index (χ2n) is 11.5. The number of benzene rings is 2. The first kappa shape index (κ1) is 26.0. The van der Waals surface area contributed by atoms with Crippen molar-refractivity contribution in [2.75, 3.05) is 0 Å². The molecular formula is C35H48. The molecule has 2 unspecified atom stereocenters. The zero-order chi connectivity index (χ0) is 25.0. The summed E-state index contributed by atoms with van der Waals surface area (Å²) < 4.78 is 0. The molecule has 2 aliphatic rings. The van der Waals surface area contributed by atoms with Crippen LogP contribution in [-0.4, -0.2) is 0 Å². The van der Waals surface area contributed by atoms with Crippen molar-refractivity contribution in [3.63, 3.8) is 0 Å². The molecule has 188 valence electrons. The molecule has 2 aromatic rings. The van der Waals surface area contributed by atoms with Gasteiger partial charge in [0, 0.05) is 11.8 Å². The highest BCUT2D eigenvalue weighted by atomic mass is 14.5. The van der Waals surface area contributed by atoms with E-state index in [1.54, 1.807) is 44.5 Å². The number of unbranched alkanes of at least 4 members (excludes halogenated alkanes) is 4. The quantitative estimate of drug-likeness (QED) is 0.272. The lowest BCUT2D eigenvalue weighted by atomic mass is 9.61. The molecule has 2 atom stereocenters. The van der Waals surface area contributed by atoms with Gasteiger partial charge in [-0.3, -0.25) is 0 Å². The van der Waals surface area contributed by atoms with Crippen molar-refractivity contribution in [2.45, 2.75) is 118 Å². The lowest BCUT2D eigenvalue weighted by molar-refractivity contribution is 0.269. The minimum absolute atomic E-state index is 0.127. The number of fused-ring (bicyclic) bond motifs is 2. The van der Waals surface area contributed by atoms with Crippen molar-refractivity contribution in [3.8, 4) is 0 Å². The summed E-state index contributed by atoms with van der Waals surface area (Å²) in [5.74, 6) is 0.991. The predicted octanol–water partition coefficient (Wildman–Crippen LogP) is 11.1. The van der Waals surface area contributed by atoms with E-state index in [4.69, 9.17) is 0 Å². The molecule has 0 fully saturated rings. The van der Waals surface area contributed by atoms with Crippen molar-refractivity contribution in [1.29, 1.82) is 0 Å². The van der Waals surface area contributed by atoms with E-state index in [-0.39, 0.29) is 5.41 Å². The molecule has 0 amide bonds. The fraction of sp³-hybridized carbons (Fsp3) is 0.543. The van der Waals surface area contributed by atoms with Crippen molar-refractivity contribution < 1.29 is 0 Å². The van der Waals surface area contributed by atoms with E-state index < -0.39 is 0 Å². The molecule has 2 aromatic carbocycles. The minimum atomic E-state index is 0.127. The van der Waals surface area contributed by atoms with Crippen LogP contribution in [0.15, 0.2) is 59.7 Å². The Morgan fingerprint density at radius 3 is 1.34 bits per heavy atom. The van der Waals surface area contributed by atoms with Gasteiger partial charge >= 0.3 is 0 Å². The molecule has 0 heteroatoms. The van der Waals surface area contributed by atoms with E-state index in [1.807, 2.05) is 0 Å². The van der Waals surface area contributed by atoms with Gasteiger partial charge in [-0.2, -0.15) is 0 Å².